The summed E-state index contributed by atoms with van der Waals surface area (Å²) in [6.07, 6.45) is 5.64. The summed E-state index contributed by atoms with van der Waals surface area (Å²) in [6, 6.07) is 0.493. The maximum Gasteiger partial charge on any atom is 0.191 e. The van der Waals surface area contributed by atoms with E-state index in [9.17, 15) is 0 Å². The first-order valence-electron chi connectivity index (χ1n) is 7.50. The fourth-order valence-electron chi connectivity index (χ4n) is 2.82. The van der Waals surface area contributed by atoms with Gasteiger partial charge < -0.3 is 15.5 Å². The predicted molar refractivity (Wildman–Crippen MR) is 99.7 cm³/mol. The zero-order valence-electron chi connectivity index (χ0n) is 12.4. The van der Waals surface area contributed by atoms with Crippen molar-refractivity contribution in [3.63, 3.8) is 0 Å². The van der Waals surface area contributed by atoms with Crippen LogP contribution in [-0.4, -0.2) is 48.1 Å². The molecular weight excluding hydrogens is 397 g/mol. The predicted octanol–water partition coefficient (Wildman–Crippen LogP) is 2.39. The van der Waals surface area contributed by atoms with E-state index in [0.29, 0.717) is 6.04 Å². The second kappa shape index (κ2) is 7.62. The summed E-state index contributed by atoms with van der Waals surface area (Å²) in [5.41, 5.74) is 6.16. The molecule has 0 amide bonds. The SMILES string of the molecule is CCCC1CC1N=C(N)N1CCN(c2nccs2)CC1.I. The zero-order valence-corrected chi connectivity index (χ0v) is 15.6. The Labute approximate surface area is 147 Å². The Morgan fingerprint density at radius 2 is 2.19 bits per heavy atom. The van der Waals surface area contributed by atoms with Crippen LogP contribution in [0.3, 0.4) is 0 Å². The van der Waals surface area contributed by atoms with Crippen molar-refractivity contribution in [2.75, 3.05) is 31.1 Å². The zero-order chi connectivity index (χ0) is 13.9. The Bertz CT molecular complexity index is 456. The van der Waals surface area contributed by atoms with Crippen LogP contribution in [-0.2, 0) is 0 Å². The molecule has 1 aliphatic carbocycles. The molecule has 0 aromatic carbocycles. The molecule has 1 saturated heterocycles. The molecule has 2 heterocycles. The number of hydrogen-bond donors (Lipinski definition) is 1. The van der Waals surface area contributed by atoms with Crippen molar-refractivity contribution in [3.05, 3.63) is 11.6 Å². The monoisotopic (exact) mass is 421 g/mol. The highest BCUT2D eigenvalue weighted by Gasteiger charge is 2.36. The third kappa shape index (κ3) is 4.21. The molecule has 2 aliphatic rings. The number of anilines is 1. The van der Waals surface area contributed by atoms with Gasteiger partial charge in [0.2, 0.25) is 0 Å². The molecule has 0 radical (unpaired) electrons. The van der Waals surface area contributed by atoms with Crippen LogP contribution in [0.4, 0.5) is 5.13 Å². The van der Waals surface area contributed by atoms with Crippen molar-refractivity contribution in [1.29, 1.82) is 0 Å². The summed E-state index contributed by atoms with van der Waals surface area (Å²) in [5.74, 6) is 1.53. The van der Waals surface area contributed by atoms with Crippen LogP contribution < -0.4 is 10.6 Å². The molecule has 5 nitrogen and oxygen atoms in total. The fourth-order valence-corrected chi connectivity index (χ4v) is 3.52. The summed E-state index contributed by atoms with van der Waals surface area (Å²) in [7, 11) is 0. The minimum absolute atomic E-state index is 0. The summed E-state index contributed by atoms with van der Waals surface area (Å²) in [4.78, 5) is 13.6. The minimum atomic E-state index is 0. The van der Waals surface area contributed by atoms with Gasteiger partial charge in [-0.25, -0.2) is 9.98 Å². The van der Waals surface area contributed by atoms with Crippen molar-refractivity contribution in [3.8, 4) is 0 Å². The highest BCUT2D eigenvalue weighted by Crippen LogP contribution is 2.37. The van der Waals surface area contributed by atoms with E-state index in [-0.39, 0.29) is 24.0 Å². The maximum atomic E-state index is 6.16. The molecule has 1 saturated carbocycles. The lowest BCUT2D eigenvalue weighted by Crippen LogP contribution is -2.51. The lowest BCUT2D eigenvalue weighted by Gasteiger charge is -2.35. The van der Waals surface area contributed by atoms with Crippen LogP contribution in [0.25, 0.3) is 0 Å². The van der Waals surface area contributed by atoms with E-state index in [0.717, 1.165) is 43.2 Å². The van der Waals surface area contributed by atoms with E-state index >= 15 is 0 Å². The van der Waals surface area contributed by atoms with Gasteiger partial charge in [0.25, 0.3) is 0 Å². The molecular formula is C14H24IN5S. The van der Waals surface area contributed by atoms with Crippen molar-refractivity contribution in [2.24, 2.45) is 16.6 Å². The molecule has 1 aromatic heterocycles. The highest BCUT2D eigenvalue weighted by atomic mass is 127. The Balaban J connectivity index is 0.00000161. The van der Waals surface area contributed by atoms with Gasteiger partial charge in [-0.15, -0.1) is 35.3 Å². The number of nitrogens with two attached hydrogens (primary N) is 1. The van der Waals surface area contributed by atoms with E-state index in [1.165, 1.54) is 19.3 Å². The Morgan fingerprint density at radius 3 is 2.81 bits per heavy atom. The quantitative estimate of drug-likeness (QED) is 0.461. The maximum absolute atomic E-state index is 6.16. The lowest BCUT2D eigenvalue weighted by molar-refractivity contribution is 0.380. The largest absolute Gasteiger partial charge is 0.370 e. The second-order valence-corrected chi connectivity index (χ2v) is 6.50. The standard InChI is InChI=1S/C14H23N5S.HI/c1-2-3-11-10-12(11)17-13(15)18-5-7-19(8-6-18)14-16-4-9-20-14;/h4,9,11-12H,2-3,5-8,10H2,1H3,(H2,15,17);1H. The van der Waals surface area contributed by atoms with Gasteiger partial charge in [0.15, 0.2) is 11.1 Å². The van der Waals surface area contributed by atoms with Crippen LogP contribution in [0.15, 0.2) is 16.6 Å². The Hall–Kier alpha value is -0.570. The number of hydrogen-bond acceptors (Lipinski definition) is 4. The third-order valence-corrected chi connectivity index (χ3v) is 4.97. The first-order valence-corrected chi connectivity index (χ1v) is 8.38. The van der Waals surface area contributed by atoms with E-state index in [1.54, 1.807) is 11.3 Å². The fraction of sp³-hybridized carbons (Fsp3) is 0.714. The van der Waals surface area contributed by atoms with Crippen molar-refractivity contribution < 1.29 is 0 Å². The first-order chi connectivity index (χ1) is 9.78. The number of aromatic nitrogens is 1. The van der Waals surface area contributed by atoms with Crippen LogP contribution in [0.2, 0.25) is 0 Å². The number of nitrogens with zero attached hydrogens (tertiary/aromatic N) is 4. The first kappa shape index (κ1) is 16.8. The summed E-state index contributed by atoms with van der Waals surface area (Å²) in [6.45, 7) is 6.08. The van der Waals surface area contributed by atoms with E-state index < -0.39 is 0 Å². The normalized spacial score (nSPS) is 25.7. The molecule has 0 spiro atoms. The van der Waals surface area contributed by atoms with Crippen LogP contribution in [0.5, 0.6) is 0 Å². The van der Waals surface area contributed by atoms with E-state index in [4.69, 9.17) is 5.73 Å². The summed E-state index contributed by atoms with van der Waals surface area (Å²) in [5, 5.41) is 3.14. The van der Waals surface area contributed by atoms with Gasteiger partial charge in [-0.2, -0.15) is 0 Å². The number of piperazine rings is 1. The molecule has 2 atom stereocenters. The molecule has 21 heavy (non-hydrogen) atoms. The molecule has 2 fully saturated rings. The van der Waals surface area contributed by atoms with E-state index in [2.05, 4.69) is 26.7 Å². The Kier molecular flexibility index (Phi) is 6.09. The lowest BCUT2D eigenvalue weighted by atomic mass is 10.2. The smallest absolute Gasteiger partial charge is 0.191 e. The average Bonchev–Trinajstić information content (AvgIpc) is 2.98. The molecule has 0 bridgehead atoms. The molecule has 7 heteroatoms. The molecule has 118 valence electrons. The number of rotatable bonds is 4. The van der Waals surface area contributed by atoms with Crippen molar-refractivity contribution in [1.82, 2.24) is 9.88 Å². The molecule has 1 aliphatic heterocycles. The van der Waals surface area contributed by atoms with Gasteiger partial charge in [0.05, 0.1) is 6.04 Å². The summed E-state index contributed by atoms with van der Waals surface area (Å²) < 4.78 is 0. The number of halogens is 1. The van der Waals surface area contributed by atoms with Gasteiger partial charge in [0, 0.05) is 37.8 Å². The van der Waals surface area contributed by atoms with Gasteiger partial charge >= 0.3 is 0 Å². The number of thiazole rings is 1. The third-order valence-electron chi connectivity index (χ3n) is 4.14. The van der Waals surface area contributed by atoms with Gasteiger partial charge in [0.1, 0.15) is 0 Å². The summed E-state index contributed by atoms with van der Waals surface area (Å²) >= 11 is 1.70. The van der Waals surface area contributed by atoms with E-state index in [1.807, 2.05) is 11.6 Å². The minimum Gasteiger partial charge on any atom is -0.370 e. The van der Waals surface area contributed by atoms with Crippen molar-refractivity contribution in [2.45, 2.75) is 32.2 Å². The number of guanidine groups is 1. The van der Waals surface area contributed by atoms with Gasteiger partial charge in [-0.3, -0.25) is 0 Å². The molecule has 3 rings (SSSR count). The van der Waals surface area contributed by atoms with Crippen LogP contribution in [0.1, 0.15) is 26.2 Å². The highest BCUT2D eigenvalue weighted by molar-refractivity contribution is 14.0. The second-order valence-electron chi connectivity index (χ2n) is 5.63. The van der Waals surface area contributed by atoms with Gasteiger partial charge in [-0.05, 0) is 18.8 Å². The topological polar surface area (TPSA) is 57.8 Å². The molecule has 1 aromatic rings. The van der Waals surface area contributed by atoms with Crippen molar-refractivity contribution >= 4 is 46.4 Å². The van der Waals surface area contributed by atoms with Gasteiger partial charge in [-0.1, -0.05) is 13.3 Å². The Morgan fingerprint density at radius 1 is 1.43 bits per heavy atom. The number of aliphatic imine (C=N–C) groups is 1. The van der Waals surface area contributed by atoms with Crippen LogP contribution >= 0.6 is 35.3 Å². The molecule has 2 unspecified atom stereocenters. The van der Waals surface area contributed by atoms with Crippen LogP contribution in [0, 0.1) is 5.92 Å². The molecule has 2 N–H and O–H groups in total. The average molecular weight is 421 g/mol.